The SMILES string of the molecule is CS(=O)(=O)NS(=O)(=O)C(F)F. The molecule has 0 aliphatic heterocycles. The summed E-state index contributed by atoms with van der Waals surface area (Å²) in [6.45, 7) is 0. The molecular formula is C2H5F2NO4S2. The Morgan fingerprint density at radius 1 is 1.18 bits per heavy atom. The summed E-state index contributed by atoms with van der Waals surface area (Å²) >= 11 is 0. The fourth-order valence-electron chi connectivity index (χ4n) is 0.247. The first-order valence-electron chi connectivity index (χ1n) is 2.16. The third kappa shape index (κ3) is 4.22. The van der Waals surface area contributed by atoms with Crippen molar-refractivity contribution in [3.05, 3.63) is 0 Å². The number of rotatable bonds is 3. The molecule has 5 nitrogen and oxygen atoms in total. The maximum atomic E-state index is 11.4. The molecule has 1 N–H and O–H groups in total. The second-order valence-electron chi connectivity index (χ2n) is 1.66. The summed E-state index contributed by atoms with van der Waals surface area (Å²) in [5.41, 5.74) is 0. The van der Waals surface area contributed by atoms with E-state index in [0.29, 0.717) is 6.26 Å². The molecule has 0 aliphatic rings. The molecule has 11 heavy (non-hydrogen) atoms. The third-order valence-electron chi connectivity index (χ3n) is 0.502. The Morgan fingerprint density at radius 2 is 1.55 bits per heavy atom. The van der Waals surface area contributed by atoms with Gasteiger partial charge in [-0.3, -0.25) is 0 Å². The normalized spacial score (nSPS) is 13.8. The lowest BCUT2D eigenvalue weighted by Gasteiger charge is -2.01. The minimum absolute atomic E-state index is 0.465. The van der Waals surface area contributed by atoms with Crippen molar-refractivity contribution in [2.75, 3.05) is 6.26 Å². The zero-order valence-corrected chi connectivity index (χ0v) is 6.92. The maximum absolute atomic E-state index is 11.4. The topological polar surface area (TPSA) is 80.3 Å². The monoisotopic (exact) mass is 209 g/mol. The average molecular weight is 209 g/mol. The molecule has 0 aromatic rings. The Balaban J connectivity index is 4.68. The van der Waals surface area contributed by atoms with E-state index in [1.165, 1.54) is 0 Å². The van der Waals surface area contributed by atoms with Crippen molar-refractivity contribution in [2.45, 2.75) is 5.76 Å². The number of halogens is 2. The van der Waals surface area contributed by atoms with Gasteiger partial charge in [0.05, 0.1) is 6.26 Å². The van der Waals surface area contributed by atoms with Crippen molar-refractivity contribution >= 4 is 20.0 Å². The van der Waals surface area contributed by atoms with Crippen molar-refractivity contribution in [3.8, 4) is 0 Å². The van der Waals surface area contributed by atoms with Crippen molar-refractivity contribution in [1.82, 2.24) is 4.13 Å². The minimum atomic E-state index is -5.03. The van der Waals surface area contributed by atoms with Gasteiger partial charge in [0.15, 0.2) is 0 Å². The molecule has 0 heterocycles. The number of nitrogens with one attached hydrogen (secondary N) is 1. The van der Waals surface area contributed by atoms with Crippen molar-refractivity contribution in [2.24, 2.45) is 0 Å². The standard InChI is InChI=1S/C2H5F2NO4S2/c1-10(6,7)5-11(8,9)2(3)4/h2,5H,1H3. The Labute approximate surface area is 62.5 Å². The van der Waals surface area contributed by atoms with Crippen LogP contribution >= 0.6 is 0 Å². The molecule has 0 spiro atoms. The second-order valence-corrected chi connectivity index (χ2v) is 5.32. The molecule has 0 aromatic heterocycles. The lowest BCUT2D eigenvalue weighted by molar-refractivity contribution is 0.234. The predicted octanol–water partition coefficient (Wildman–Crippen LogP) is -0.912. The molecule has 0 fully saturated rings. The molecule has 0 bridgehead atoms. The fraction of sp³-hybridized carbons (Fsp3) is 1.00. The van der Waals surface area contributed by atoms with Crippen LogP contribution in [0.1, 0.15) is 0 Å². The molecule has 0 unspecified atom stereocenters. The van der Waals surface area contributed by atoms with Gasteiger partial charge in [-0.15, -0.1) is 4.13 Å². The molecule has 68 valence electrons. The number of hydrogen-bond acceptors (Lipinski definition) is 4. The molecule has 0 saturated heterocycles. The largest absolute Gasteiger partial charge is 0.351 e. The first-order valence-corrected chi connectivity index (χ1v) is 5.59. The van der Waals surface area contributed by atoms with Crippen molar-refractivity contribution < 1.29 is 25.6 Å². The molecule has 0 rings (SSSR count). The molecule has 0 saturated carbocycles. The van der Waals surface area contributed by atoms with Gasteiger partial charge >= 0.3 is 5.76 Å². The van der Waals surface area contributed by atoms with Crippen LogP contribution in [-0.2, 0) is 20.0 Å². The van der Waals surface area contributed by atoms with E-state index in [-0.39, 0.29) is 0 Å². The maximum Gasteiger partial charge on any atom is 0.351 e. The Morgan fingerprint density at radius 3 is 1.64 bits per heavy atom. The van der Waals surface area contributed by atoms with Gasteiger partial charge in [-0.1, -0.05) is 0 Å². The van der Waals surface area contributed by atoms with Crippen LogP contribution in [0.15, 0.2) is 0 Å². The van der Waals surface area contributed by atoms with Crippen LogP contribution in [0.25, 0.3) is 0 Å². The summed E-state index contributed by atoms with van der Waals surface area (Å²) in [7, 11) is -9.17. The van der Waals surface area contributed by atoms with Crippen LogP contribution in [0, 0.1) is 0 Å². The average Bonchev–Trinajstić information content (AvgIpc) is 1.56. The van der Waals surface area contributed by atoms with Crippen LogP contribution in [0.3, 0.4) is 0 Å². The number of hydrogen-bond donors (Lipinski definition) is 1. The van der Waals surface area contributed by atoms with E-state index in [0.717, 1.165) is 4.13 Å². The van der Waals surface area contributed by atoms with E-state index in [9.17, 15) is 25.6 Å². The van der Waals surface area contributed by atoms with Gasteiger partial charge in [0.2, 0.25) is 10.0 Å². The molecular weight excluding hydrogens is 204 g/mol. The van der Waals surface area contributed by atoms with Crippen LogP contribution in [0.4, 0.5) is 8.78 Å². The fourth-order valence-corrected chi connectivity index (χ4v) is 2.23. The Kier molecular flexibility index (Phi) is 2.91. The number of sulfonamides is 2. The van der Waals surface area contributed by atoms with Gasteiger partial charge in [0.25, 0.3) is 10.0 Å². The third-order valence-corrected chi connectivity index (χ3v) is 3.11. The van der Waals surface area contributed by atoms with Gasteiger partial charge in [0, 0.05) is 0 Å². The van der Waals surface area contributed by atoms with Gasteiger partial charge in [-0.2, -0.15) is 8.78 Å². The van der Waals surface area contributed by atoms with E-state index in [1.807, 2.05) is 0 Å². The van der Waals surface area contributed by atoms with Gasteiger partial charge < -0.3 is 0 Å². The highest BCUT2D eigenvalue weighted by Gasteiger charge is 2.27. The lowest BCUT2D eigenvalue weighted by atomic mass is 11.7. The first kappa shape index (κ1) is 10.7. The van der Waals surface area contributed by atoms with Gasteiger partial charge in [0.1, 0.15) is 0 Å². The van der Waals surface area contributed by atoms with E-state index < -0.39 is 25.8 Å². The minimum Gasteiger partial charge on any atom is -0.212 e. The molecule has 0 aliphatic carbocycles. The predicted molar refractivity (Wildman–Crippen MR) is 32.9 cm³/mol. The van der Waals surface area contributed by atoms with Crippen molar-refractivity contribution in [3.63, 3.8) is 0 Å². The first-order chi connectivity index (χ1) is 4.65. The van der Waals surface area contributed by atoms with Crippen LogP contribution < -0.4 is 4.13 Å². The highest BCUT2D eigenvalue weighted by molar-refractivity contribution is 8.04. The number of alkyl halides is 2. The summed E-state index contributed by atoms with van der Waals surface area (Å²) in [5, 5.41) is 0. The highest BCUT2D eigenvalue weighted by atomic mass is 32.3. The van der Waals surface area contributed by atoms with Gasteiger partial charge in [-0.05, 0) is 0 Å². The molecule has 0 amide bonds. The van der Waals surface area contributed by atoms with Crippen LogP contribution in [-0.4, -0.2) is 28.8 Å². The quantitative estimate of drug-likeness (QED) is 0.652. The highest BCUT2D eigenvalue weighted by Crippen LogP contribution is 2.02. The molecule has 9 heteroatoms. The van der Waals surface area contributed by atoms with E-state index in [2.05, 4.69) is 0 Å². The smallest absolute Gasteiger partial charge is 0.212 e. The summed E-state index contributed by atoms with van der Waals surface area (Å²) in [4.78, 5) is 0. The molecule has 0 atom stereocenters. The zero-order valence-electron chi connectivity index (χ0n) is 5.28. The Hall–Kier alpha value is -0.280. The summed E-state index contributed by atoms with van der Waals surface area (Å²) < 4.78 is 64.1. The van der Waals surface area contributed by atoms with E-state index >= 15 is 0 Å². The van der Waals surface area contributed by atoms with Crippen molar-refractivity contribution in [1.29, 1.82) is 0 Å². The summed E-state index contributed by atoms with van der Waals surface area (Å²) in [5.74, 6) is -3.74. The lowest BCUT2D eigenvalue weighted by Crippen LogP contribution is -2.33. The van der Waals surface area contributed by atoms with Gasteiger partial charge in [-0.25, -0.2) is 16.8 Å². The molecule has 0 radical (unpaired) electrons. The van der Waals surface area contributed by atoms with Crippen LogP contribution in [0.2, 0.25) is 0 Å². The zero-order chi connectivity index (χ0) is 9.28. The van der Waals surface area contributed by atoms with E-state index in [4.69, 9.17) is 0 Å². The Bertz CT molecular complexity index is 316. The van der Waals surface area contributed by atoms with Crippen LogP contribution in [0.5, 0.6) is 0 Å². The summed E-state index contributed by atoms with van der Waals surface area (Å²) in [6, 6.07) is 0. The van der Waals surface area contributed by atoms with E-state index in [1.54, 1.807) is 0 Å². The molecule has 0 aromatic carbocycles. The summed E-state index contributed by atoms with van der Waals surface area (Å²) in [6.07, 6.45) is 0.465. The second kappa shape index (κ2) is 2.99.